The van der Waals surface area contributed by atoms with Gasteiger partial charge in [-0.2, -0.15) is 0 Å². The van der Waals surface area contributed by atoms with Gasteiger partial charge in [-0.05, 0) is 45.4 Å². The third kappa shape index (κ3) is 15.7. The Hall–Kier alpha value is -5.66. The number of amides is 10. The van der Waals surface area contributed by atoms with Gasteiger partial charge in [-0.1, -0.05) is 20.3 Å². The molecule has 3 saturated heterocycles. The number of aliphatic hydroxyl groups is 7. The second-order valence-corrected chi connectivity index (χ2v) is 18.1. The molecule has 0 aromatic heterocycles. The molecule has 0 unspecified atom stereocenters. The van der Waals surface area contributed by atoms with E-state index < -0.39 is 183 Å². The third-order valence-corrected chi connectivity index (χ3v) is 12.8. The predicted octanol–water partition coefficient (Wildman–Crippen LogP) is -8.87. The van der Waals surface area contributed by atoms with Gasteiger partial charge in [0, 0.05) is 26.9 Å². The fourth-order valence-electron chi connectivity index (χ4n) is 8.45. The zero-order chi connectivity index (χ0) is 54.3. The molecule has 0 bridgehead atoms. The van der Waals surface area contributed by atoms with E-state index >= 15 is 0 Å². The standard InChI is InChI=1S/C43H72N10O19/c1-7-18(2)29(40(68)46-24(15-55)37(65)50-30(19(3)58)35(44)63)49-39(67)27-11-9-13-53(27)42(70)25(16-56)48-36(64)23(14-54)47-41(69)31(51-38(66)26-10-8-12-52(26)22(6)60)20(4)71-43-32(45-21(5)59)34(62)33(61)28(17-57)72-43/h18-20,23-34,43,54-58,61-62H,7-17H2,1-6H3,(H2,44,63)(H,45,59)(H,46,68)(H,47,69)(H,48,64)(H,49,67)(H,50,65)(H,51,66)/t18-,19+,20+,23-,24-,25-,26-,27-,28+,29-,30-,31-,32+,33-,34+,43-/m0/s1. The van der Waals surface area contributed by atoms with Crippen molar-refractivity contribution < 1.29 is 93.2 Å². The lowest BCUT2D eigenvalue weighted by molar-refractivity contribution is -0.281. The average molecular weight is 1030 g/mol. The highest BCUT2D eigenvalue weighted by molar-refractivity contribution is 5.98. The Morgan fingerprint density at radius 3 is 1.62 bits per heavy atom. The molecule has 16 N–H and O–H groups in total. The SMILES string of the molecule is CC[C@H](C)[C@H](NC(=O)[C@@H]1CCCN1C(=O)[C@H](CO)NC(=O)[C@H](CO)NC(=O)[C@@H](NC(=O)[C@@H]1CCCN1C(C)=O)[C@@H](C)O[C@H]1O[C@H](CO)[C@H](O)[C@H](O)[C@H]1NC(C)=O)C(=O)N[C@@H](CO)C(=O)N[C@H](C(N)=O)[C@@H](C)O. The van der Waals surface area contributed by atoms with Crippen molar-refractivity contribution in [3.8, 4) is 0 Å². The van der Waals surface area contributed by atoms with Crippen molar-refractivity contribution in [3.05, 3.63) is 0 Å². The molecule has 0 aliphatic carbocycles. The number of carbonyl (C=O) groups excluding carboxylic acids is 10. The normalized spacial score (nSPS) is 25.7. The zero-order valence-electron chi connectivity index (χ0n) is 41.0. The number of ether oxygens (including phenoxy) is 2. The first kappa shape index (κ1) is 60.6. The first-order chi connectivity index (χ1) is 33.9. The minimum atomic E-state index is -1.90. The van der Waals surface area contributed by atoms with Crippen molar-refractivity contribution in [1.29, 1.82) is 0 Å². The summed E-state index contributed by atoms with van der Waals surface area (Å²) in [5.74, 6) is -9.90. The summed E-state index contributed by atoms with van der Waals surface area (Å²) in [6, 6.07) is -13.8. The molecule has 408 valence electrons. The Morgan fingerprint density at radius 2 is 1.15 bits per heavy atom. The van der Waals surface area contributed by atoms with E-state index in [1.807, 2.05) is 0 Å². The number of hydrogen-bond acceptors (Lipinski definition) is 19. The maximum atomic E-state index is 14.1. The third-order valence-electron chi connectivity index (χ3n) is 12.8. The van der Waals surface area contributed by atoms with Crippen LogP contribution in [-0.2, 0) is 57.4 Å². The second kappa shape index (κ2) is 28.0. The molecule has 3 aliphatic heterocycles. The fourth-order valence-corrected chi connectivity index (χ4v) is 8.45. The first-order valence-electron chi connectivity index (χ1n) is 23.6. The number of rotatable bonds is 25. The molecule has 16 atom stereocenters. The summed E-state index contributed by atoms with van der Waals surface area (Å²) >= 11 is 0. The maximum Gasteiger partial charge on any atom is 0.248 e. The van der Waals surface area contributed by atoms with Gasteiger partial charge in [0.2, 0.25) is 59.1 Å². The molecule has 0 spiro atoms. The molecule has 29 nitrogen and oxygen atoms in total. The number of nitrogens with one attached hydrogen (secondary N) is 7. The fraction of sp³-hybridized carbons (Fsp3) is 0.767. The number of carbonyl (C=O) groups is 10. The molecule has 3 aliphatic rings. The van der Waals surface area contributed by atoms with Gasteiger partial charge in [0.25, 0.3) is 0 Å². The Kier molecular flexibility index (Phi) is 23.6. The molecule has 0 aromatic carbocycles. The number of nitrogens with zero attached hydrogens (tertiary/aromatic N) is 2. The lowest BCUT2D eigenvalue weighted by Crippen LogP contribution is -2.66. The number of hydrogen-bond donors (Lipinski definition) is 15. The molecule has 3 heterocycles. The Labute approximate surface area is 414 Å². The van der Waals surface area contributed by atoms with Crippen LogP contribution in [0.4, 0.5) is 0 Å². The molecule has 0 aromatic rings. The quantitative estimate of drug-likeness (QED) is 0.0404. The molecular weight excluding hydrogens is 961 g/mol. The number of aliphatic hydroxyl groups excluding tert-OH is 7. The van der Waals surface area contributed by atoms with Crippen molar-refractivity contribution in [2.45, 2.75) is 165 Å². The predicted molar refractivity (Wildman–Crippen MR) is 244 cm³/mol. The summed E-state index contributed by atoms with van der Waals surface area (Å²) in [5, 5.41) is 87.9. The maximum absolute atomic E-state index is 14.1. The Balaban J connectivity index is 1.81. The van der Waals surface area contributed by atoms with Gasteiger partial charge in [-0.25, -0.2) is 0 Å². The highest BCUT2D eigenvalue weighted by Gasteiger charge is 2.48. The highest BCUT2D eigenvalue weighted by atomic mass is 16.7. The van der Waals surface area contributed by atoms with Crippen LogP contribution >= 0.6 is 0 Å². The largest absolute Gasteiger partial charge is 0.394 e. The van der Waals surface area contributed by atoms with E-state index in [2.05, 4.69) is 37.2 Å². The van der Waals surface area contributed by atoms with Crippen molar-refractivity contribution in [2.75, 3.05) is 39.5 Å². The minimum Gasteiger partial charge on any atom is -0.394 e. The van der Waals surface area contributed by atoms with Crippen LogP contribution in [0.2, 0.25) is 0 Å². The van der Waals surface area contributed by atoms with Crippen molar-refractivity contribution >= 4 is 59.1 Å². The number of primary amides is 1. The summed E-state index contributed by atoms with van der Waals surface area (Å²) in [7, 11) is 0. The topological polar surface area (TPSA) is 447 Å². The summed E-state index contributed by atoms with van der Waals surface area (Å²) < 4.78 is 11.6. The smallest absolute Gasteiger partial charge is 0.248 e. The van der Waals surface area contributed by atoms with Crippen LogP contribution < -0.4 is 43.0 Å². The van der Waals surface area contributed by atoms with Crippen LogP contribution in [0.1, 0.15) is 73.6 Å². The molecule has 29 heteroatoms. The molecule has 3 rings (SSSR count). The summed E-state index contributed by atoms with van der Waals surface area (Å²) in [6.45, 7) is 4.27. The number of nitrogens with two attached hydrogens (primary N) is 1. The first-order valence-corrected chi connectivity index (χ1v) is 23.6. The van der Waals surface area contributed by atoms with Crippen LogP contribution in [0.5, 0.6) is 0 Å². The lowest BCUT2D eigenvalue weighted by atomic mass is 9.96. The average Bonchev–Trinajstić information content (AvgIpc) is 4.04. The molecule has 0 radical (unpaired) electrons. The van der Waals surface area contributed by atoms with Crippen LogP contribution in [0.15, 0.2) is 0 Å². The van der Waals surface area contributed by atoms with E-state index in [-0.39, 0.29) is 32.4 Å². The van der Waals surface area contributed by atoms with Gasteiger partial charge in [0.1, 0.15) is 72.7 Å². The minimum absolute atomic E-state index is 0.0550. The van der Waals surface area contributed by atoms with Crippen molar-refractivity contribution in [1.82, 2.24) is 47.0 Å². The molecular formula is C43H72N10O19. The highest BCUT2D eigenvalue weighted by Crippen LogP contribution is 2.25. The van der Waals surface area contributed by atoms with Crippen molar-refractivity contribution in [3.63, 3.8) is 0 Å². The van der Waals surface area contributed by atoms with Gasteiger partial charge >= 0.3 is 0 Å². The second-order valence-electron chi connectivity index (χ2n) is 18.1. The molecule has 0 saturated carbocycles. The van der Waals surface area contributed by atoms with Crippen LogP contribution in [0.25, 0.3) is 0 Å². The monoisotopic (exact) mass is 1030 g/mol. The Bertz CT molecular complexity index is 1950. The molecule has 72 heavy (non-hydrogen) atoms. The Morgan fingerprint density at radius 1 is 0.667 bits per heavy atom. The van der Waals surface area contributed by atoms with Crippen molar-refractivity contribution in [2.24, 2.45) is 11.7 Å². The van der Waals surface area contributed by atoms with E-state index in [4.69, 9.17) is 15.2 Å². The lowest BCUT2D eigenvalue weighted by Gasteiger charge is -2.43. The molecule has 10 amide bonds. The summed E-state index contributed by atoms with van der Waals surface area (Å²) in [6.07, 6.45) is -8.25. The van der Waals surface area contributed by atoms with Gasteiger partial charge in [0.05, 0.1) is 38.6 Å². The van der Waals surface area contributed by atoms with Gasteiger partial charge in [-0.3, -0.25) is 47.9 Å². The zero-order valence-corrected chi connectivity index (χ0v) is 41.0. The summed E-state index contributed by atoms with van der Waals surface area (Å²) in [4.78, 5) is 134. The summed E-state index contributed by atoms with van der Waals surface area (Å²) in [5.41, 5.74) is 5.23. The van der Waals surface area contributed by atoms with Gasteiger partial charge in [-0.15, -0.1) is 0 Å². The van der Waals surface area contributed by atoms with E-state index in [9.17, 15) is 83.7 Å². The van der Waals surface area contributed by atoms with E-state index in [1.165, 1.54) is 25.7 Å². The van der Waals surface area contributed by atoms with Crippen LogP contribution in [0.3, 0.4) is 0 Å². The number of likely N-dealkylation sites (tertiary alicyclic amines) is 2. The van der Waals surface area contributed by atoms with Gasteiger partial charge in [0.15, 0.2) is 6.29 Å². The van der Waals surface area contributed by atoms with Crippen LogP contribution in [0, 0.1) is 5.92 Å². The van der Waals surface area contributed by atoms with E-state index in [0.29, 0.717) is 12.8 Å². The van der Waals surface area contributed by atoms with Gasteiger partial charge < -0.3 is 98.0 Å². The van der Waals surface area contributed by atoms with E-state index in [1.54, 1.807) is 13.8 Å². The van der Waals surface area contributed by atoms with E-state index in [0.717, 1.165) is 11.8 Å². The van der Waals surface area contributed by atoms with Crippen LogP contribution in [-0.4, -0.2) is 235 Å². The molecule has 3 fully saturated rings.